The van der Waals surface area contributed by atoms with Gasteiger partial charge in [0.1, 0.15) is 0 Å². The summed E-state index contributed by atoms with van der Waals surface area (Å²) in [5, 5.41) is 0. The molecule has 0 N–H and O–H groups in total. The highest BCUT2D eigenvalue weighted by Gasteiger charge is 2.24. The largest absolute Gasteiger partial charge is 0.369 e. The van der Waals surface area contributed by atoms with Crippen molar-refractivity contribution < 1.29 is 4.79 Å². The number of hydrogen-bond donors (Lipinski definition) is 0. The molecular formula is C26H36N4O. The van der Waals surface area contributed by atoms with Gasteiger partial charge in [-0.05, 0) is 43.0 Å². The van der Waals surface area contributed by atoms with Crippen molar-refractivity contribution in [2.24, 2.45) is 0 Å². The van der Waals surface area contributed by atoms with Crippen LogP contribution < -0.4 is 4.90 Å². The molecule has 2 aromatic carbocycles. The van der Waals surface area contributed by atoms with Crippen molar-refractivity contribution in [3.05, 3.63) is 65.2 Å². The maximum Gasteiger partial charge on any atom is 0.236 e. The Morgan fingerprint density at radius 1 is 0.742 bits per heavy atom. The second kappa shape index (κ2) is 10.3. The van der Waals surface area contributed by atoms with Gasteiger partial charge in [0.15, 0.2) is 0 Å². The summed E-state index contributed by atoms with van der Waals surface area (Å²) >= 11 is 0. The van der Waals surface area contributed by atoms with Crippen LogP contribution in [0, 0.1) is 13.8 Å². The van der Waals surface area contributed by atoms with Gasteiger partial charge in [0.2, 0.25) is 5.91 Å². The standard InChI is InChI=1S/C26H36N4O/c1-22-8-3-5-10-24(22)20-27-12-7-13-30(19-16-27)26(31)21-28-14-17-29(18-15-28)25-11-6-4-9-23(25)2/h3-6,8-11H,7,12-21H2,1-2H3. The van der Waals surface area contributed by atoms with Gasteiger partial charge < -0.3 is 9.80 Å². The van der Waals surface area contributed by atoms with Gasteiger partial charge in [-0.25, -0.2) is 0 Å². The molecule has 2 fully saturated rings. The molecule has 0 aromatic heterocycles. The van der Waals surface area contributed by atoms with Crippen LogP contribution in [-0.4, -0.2) is 79.5 Å². The first-order valence-corrected chi connectivity index (χ1v) is 11.7. The summed E-state index contributed by atoms with van der Waals surface area (Å²) < 4.78 is 0. The number of amides is 1. The van der Waals surface area contributed by atoms with E-state index in [1.807, 2.05) is 0 Å². The molecule has 0 unspecified atom stereocenters. The number of carbonyl (C=O) groups is 1. The summed E-state index contributed by atoms with van der Waals surface area (Å²) in [7, 11) is 0. The normalized spacial score (nSPS) is 18.8. The van der Waals surface area contributed by atoms with E-state index in [1.54, 1.807) is 0 Å². The summed E-state index contributed by atoms with van der Waals surface area (Å²) in [6.45, 7) is 13.5. The molecule has 0 saturated carbocycles. The Morgan fingerprint density at radius 2 is 1.42 bits per heavy atom. The average Bonchev–Trinajstić information content (AvgIpc) is 3.02. The van der Waals surface area contributed by atoms with Gasteiger partial charge in [0, 0.05) is 64.6 Å². The number of anilines is 1. The second-order valence-electron chi connectivity index (χ2n) is 8.99. The molecule has 2 aliphatic rings. The van der Waals surface area contributed by atoms with E-state index in [4.69, 9.17) is 0 Å². The average molecular weight is 421 g/mol. The second-order valence-corrected chi connectivity index (χ2v) is 8.99. The number of piperazine rings is 1. The summed E-state index contributed by atoms with van der Waals surface area (Å²) in [6.07, 6.45) is 1.05. The van der Waals surface area contributed by atoms with Crippen LogP contribution in [0.3, 0.4) is 0 Å². The molecule has 2 aromatic rings. The molecule has 0 atom stereocenters. The molecule has 166 valence electrons. The van der Waals surface area contributed by atoms with Crippen molar-refractivity contribution in [2.75, 3.05) is 63.8 Å². The smallest absolute Gasteiger partial charge is 0.236 e. The number of para-hydroxylation sites is 1. The predicted molar refractivity (Wildman–Crippen MR) is 127 cm³/mol. The first-order chi connectivity index (χ1) is 15.1. The number of carbonyl (C=O) groups excluding carboxylic acids is 1. The Balaban J connectivity index is 1.24. The zero-order valence-corrected chi connectivity index (χ0v) is 19.1. The van der Waals surface area contributed by atoms with Crippen LogP contribution in [-0.2, 0) is 11.3 Å². The molecule has 2 heterocycles. The van der Waals surface area contributed by atoms with Crippen LogP contribution >= 0.6 is 0 Å². The van der Waals surface area contributed by atoms with E-state index < -0.39 is 0 Å². The Bertz CT molecular complexity index is 875. The number of aryl methyl sites for hydroxylation is 2. The van der Waals surface area contributed by atoms with Crippen LogP contribution in [0.5, 0.6) is 0 Å². The molecule has 5 nitrogen and oxygen atoms in total. The Labute approximate surface area is 187 Å². The fourth-order valence-corrected chi connectivity index (χ4v) is 4.76. The lowest BCUT2D eigenvalue weighted by Gasteiger charge is -2.37. The molecule has 0 radical (unpaired) electrons. The van der Waals surface area contributed by atoms with Gasteiger partial charge >= 0.3 is 0 Å². The monoisotopic (exact) mass is 420 g/mol. The lowest BCUT2D eigenvalue weighted by molar-refractivity contribution is -0.132. The van der Waals surface area contributed by atoms with Crippen LogP contribution in [0.25, 0.3) is 0 Å². The number of benzene rings is 2. The maximum absolute atomic E-state index is 13.0. The first kappa shape index (κ1) is 21.8. The van der Waals surface area contributed by atoms with Crippen molar-refractivity contribution in [1.29, 1.82) is 0 Å². The number of hydrogen-bond acceptors (Lipinski definition) is 4. The molecule has 4 rings (SSSR count). The highest BCUT2D eigenvalue weighted by Crippen LogP contribution is 2.21. The number of nitrogens with zero attached hydrogens (tertiary/aromatic N) is 4. The summed E-state index contributed by atoms with van der Waals surface area (Å²) in [4.78, 5) is 22.4. The van der Waals surface area contributed by atoms with Gasteiger partial charge in [0.05, 0.1) is 6.54 Å². The minimum atomic E-state index is 0.294. The van der Waals surface area contributed by atoms with Crippen molar-refractivity contribution in [2.45, 2.75) is 26.8 Å². The Kier molecular flexibility index (Phi) is 7.25. The third-order valence-corrected chi connectivity index (χ3v) is 6.78. The van der Waals surface area contributed by atoms with Crippen LogP contribution in [0.15, 0.2) is 48.5 Å². The van der Waals surface area contributed by atoms with E-state index in [0.29, 0.717) is 12.5 Å². The molecule has 2 saturated heterocycles. The predicted octanol–water partition coefficient (Wildman–Crippen LogP) is 3.16. The fraction of sp³-hybridized carbons (Fsp3) is 0.500. The lowest BCUT2D eigenvalue weighted by Crippen LogP contribution is -2.50. The lowest BCUT2D eigenvalue weighted by atomic mass is 10.1. The molecule has 0 spiro atoms. The first-order valence-electron chi connectivity index (χ1n) is 11.7. The fourth-order valence-electron chi connectivity index (χ4n) is 4.76. The van der Waals surface area contributed by atoms with E-state index in [0.717, 1.165) is 65.3 Å². The van der Waals surface area contributed by atoms with Gasteiger partial charge in [-0.2, -0.15) is 0 Å². The molecule has 2 aliphatic heterocycles. The molecule has 5 heteroatoms. The Morgan fingerprint density at radius 3 is 2.16 bits per heavy atom. The molecular weight excluding hydrogens is 384 g/mol. The minimum absolute atomic E-state index is 0.294. The quantitative estimate of drug-likeness (QED) is 0.743. The molecule has 0 aliphatic carbocycles. The minimum Gasteiger partial charge on any atom is -0.369 e. The van der Waals surface area contributed by atoms with Crippen LogP contribution in [0.2, 0.25) is 0 Å². The van der Waals surface area contributed by atoms with Crippen LogP contribution in [0.4, 0.5) is 5.69 Å². The molecule has 0 bridgehead atoms. The van der Waals surface area contributed by atoms with E-state index in [-0.39, 0.29) is 0 Å². The molecule has 31 heavy (non-hydrogen) atoms. The van der Waals surface area contributed by atoms with E-state index >= 15 is 0 Å². The van der Waals surface area contributed by atoms with Gasteiger partial charge in [-0.3, -0.25) is 14.6 Å². The maximum atomic E-state index is 13.0. The van der Waals surface area contributed by atoms with Crippen molar-refractivity contribution >= 4 is 11.6 Å². The summed E-state index contributed by atoms with van der Waals surface area (Å²) in [5.41, 5.74) is 5.40. The van der Waals surface area contributed by atoms with Crippen molar-refractivity contribution in [1.82, 2.24) is 14.7 Å². The highest BCUT2D eigenvalue weighted by atomic mass is 16.2. The van der Waals surface area contributed by atoms with Gasteiger partial charge in [-0.1, -0.05) is 42.5 Å². The molecule has 1 amide bonds. The Hall–Kier alpha value is -2.37. The van der Waals surface area contributed by atoms with Crippen molar-refractivity contribution in [3.8, 4) is 0 Å². The van der Waals surface area contributed by atoms with E-state index in [1.165, 1.54) is 22.4 Å². The van der Waals surface area contributed by atoms with Gasteiger partial charge in [-0.15, -0.1) is 0 Å². The SMILES string of the molecule is Cc1ccccc1CN1CCCN(C(=O)CN2CCN(c3ccccc3C)CC2)CC1. The zero-order valence-electron chi connectivity index (χ0n) is 19.1. The summed E-state index contributed by atoms with van der Waals surface area (Å²) in [6, 6.07) is 17.2. The zero-order chi connectivity index (χ0) is 21.6. The van der Waals surface area contributed by atoms with Crippen molar-refractivity contribution in [3.63, 3.8) is 0 Å². The summed E-state index contributed by atoms with van der Waals surface area (Å²) in [5.74, 6) is 0.294. The highest BCUT2D eigenvalue weighted by molar-refractivity contribution is 5.78. The third-order valence-electron chi connectivity index (χ3n) is 6.78. The van der Waals surface area contributed by atoms with E-state index in [2.05, 4.69) is 82.0 Å². The van der Waals surface area contributed by atoms with E-state index in [9.17, 15) is 4.79 Å². The topological polar surface area (TPSA) is 30.0 Å². The van der Waals surface area contributed by atoms with Crippen LogP contribution in [0.1, 0.15) is 23.1 Å². The number of rotatable bonds is 5. The third kappa shape index (κ3) is 5.66. The van der Waals surface area contributed by atoms with Gasteiger partial charge in [0.25, 0.3) is 0 Å².